The second-order valence-electron chi connectivity index (χ2n) is 7.98. The van der Waals surface area contributed by atoms with Crippen LogP contribution in [0, 0.1) is 11.8 Å². The summed E-state index contributed by atoms with van der Waals surface area (Å²) >= 11 is 2.05. The molecule has 0 aromatic heterocycles. The van der Waals surface area contributed by atoms with E-state index < -0.39 is 0 Å². The summed E-state index contributed by atoms with van der Waals surface area (Å²) < 4.78 is 17.9. The predicted octanol–water partition coefficient (Wildman–Crippen LogP) is 4.04. The fraction of sp³-hybridized carbons (Fsp3) is 1.00. The lowest BCUT2D eigenvalue weighted by Gasteiger charge is -2.38. The van der Waals surface area contributed by atoms with Gasteiger partial charge in [-0.2, -0.15) is 11.8 Å². The van der Waals surface area contributed by atoms with Gasteiger partial charge in [0.2, 0.25) is 0 Å². The summed E-state index contributed by atoms with van der Waals surface area (Å²) in [5.41, 5.74) is 0. The van der Waals surface area contributed by atoms with E-state index >= 15 is 0 Å². The minimum Gasteiger partial charge on any atom is -0.377 e. The molecule has 0 N–H and O–H groups in total. The van der Waals surface area contributed by atoms with Gasteiger partial charge in [-0.1, -0.05) is 25.7 Å². The predicted molar refractivity (Wildman–Crippen MR) is 94.0 cm³/mol. The van der Waals surface area contributed by atoms with Gasteiger partial charge in [0.25, 0.3) is 0 Å². The van der Waals surface area contributed by atoms with Crippen LogP contribution in [0.5, 0.6) is 0 Å². The van der Waals surface area contributed by atoms with Gasteiger partial charge in [-0.3, -0.25) is 0 Å². The zero-order valence-electron chi connectivity index (χ0n) is 14.3. The number of epoxide rings is 1. The van der Waals surface area contributed by atoms with Gasteiger partial charge >= 0.3 is 0 Å². The van der Waals surface area contributed by atoms with E-state index in [1.807, 2.05) is 0 Å². The van der Waals surface area contributed by atoms with Crippen molar-refractivity contribution in [3.05, 3.63) is 0 Å². The van der Waals surface area contributed by atoms with Gasteiger partial charge < -0.3 is 14.2 Å². The molecular formula is C19H32O3S. The maximum absolute atomic E-state index is 6.32. The average molecular weight is 341 g/mol. The minimum atomic E-state index is 0.402. The first-order valence-electron chi connectivity index (χ1n) is 9.85. The normalized spacial score (nSPS) is 43.3. The molecule has 0 spiro atoms. The molecule has 23 heavy (non-hydrogen) atoms. The SMILES string of the molecule is C1CCC(OCC2CO2)C(CC2CCCCC2OCC2CS2)C1. The van der Waals surface area contributed by atoms with Crippen LogP contribution in [0.1, 0.15) is 57.8 Å². The van der Waals surface area contributed by atoms with Crippen molar-refractivity contribution < 1.29 is 14.2 Å². The topological polar surface area (TPSA) is 31.0 Å². The Kier molecular flexibility index (Phi) is 5.86. The molecule has 0 bridgehead atoms. The highest BCUT2D eigenvalue weighted by Crippen LogP contribution is 2.39. The van der Waals surface area contributed by atoms with Crippen molar-refractivity contribution >= 4 is 11.8 Å². The van der Waals surface area contributed by atoms with Gasteiger partial charge in [-0.25, -0.2) is 0 Å². The molecule has 6 atom stereocenters. The molecule has 4 aliphatic rings. The molecule has 0 amide bonds. The van der Waals surface area contributed by atoms with Gasteiger partial charge in [0.05, 0.1) is 32.0 Å². The molecule has 4 fully saturated rings. The molecule has 6 unspecified atom stereocenters. The number of hydrogen-bond donors (Lipinski definition) is 0. The zero-order valence-corrected chi connectivity index (χ0v) is 15.1. The van der Waals surface area contributed by atoms with Crippen molar-refractivity contribution in [2.75, 3.05) is 25.6 Å². The molecule has 132 valence electrons. The summed E-state index contributed by atoms with van der Waals surface area (Å²) in [6.07, 6.45) is 13.5. The Hall–Kier alpha value is 0.230. The largest absolute Gasteiger partial charge is 0.377 e. The van der Waals surface area contributed by atoms with Crippen molar-refractivity contribution in [3.63, 3.8) is 0 Å². The van der Waals surface area contributed by atoms with Gasteiger partial charge in [0.1, 0.15) is 6.10 Å². The van der Waals surface area contributed by atoms with Crippen molar-refractivity contribution in [2.45, 2.75) is 81.3 Å². The van der Waals surface area contributed by atoms with Crippen LogP contribution < -0.4 is 0 Å². The Labute approximate surface area is 145 Å². The third-order valence-corrected chi connectivity index (χ3v) is 7.02. The van der Waals surface area contributed by atoms with Gasteiger partial charge in [0, 0.05) is 11.0 Å². The van der Waals surface area contributed by atoms with Gasteiger partial charge in [-0.15, -0.1) is 0 Å². The van der Waals surface area contributed by atoms with Crippen LogP contribution in [0.3, 0.4) is 0 Å². The van der Waals surface area contributed by atoms with Gasteiger partial charge in [-0.05, 0) is 43.9 Å². The van der Waals surface area contributed by atoms with Crippen molar-refractivity contribution in [3.8, 4) is 0 Å². The number of hydrogen-bond acceptors (Lipinski definition) is 4. The molecule has 2 saturated heterocycles. The number of ether oxygens (including phenoxy) is 3. The lowest BCUT2D eigenvalue weighted by Crippen LogP contribution is -2.35. The van der Waals surface area contributed by atoms with Crippen LogP contribution in [-0.4, -0.2) is 49.1 Å². The van der Waals surface area contributed by atoms with E-state index in [0.717, 1.165) is 36.9 Å². The van der Waals surface area contributed by atoms with Crippen LogP contribution in [0.2, 0.25) is 0 Å². The van der Waals surface area contributed by atoms with Crippen LogP contribution in [0.4, 0.5) is 0 Å². The van der Waals surface area contributed by atoms with E-state index in [-0.39, 0.29) is 0 Å². The summed E-state index contributed by atoms with van der Waals surface area (Å²) in [4.78, 5) is 0. The van der Waals surface area contributed by atoms with Crippen LogP contribution in [-0.2, 0) is 14.2 Å². The molecule has 4 rings (SSSR count). The lowest BCUT2D eigenvalue weighted by atomic mass is 9.75. The molecule has 2 saturated carbocycles. The van der Waals surface area contributed by atoms with Crippen molar-refractivity contribution in [1.29, 1.82) is 0 Å². The number of rotatable bonds is 8. The lowest BCUT2D eigenvalue weighted by molar-refractivity contribution is -0.0512. The standard InChI is InChI=1S/C19H32O3S/c1-3-7-18(21-11-16-10-20-16)14(5-1)9-15-6-2-4-8-19(15)22-12-17-13-23-17/h14-19H,1-13H2. The first-order valence-corrected chi connectivity index (χ1v) is 10.9. The maximum Gasteiger partial charge on any atom is 0.104 e. The first-order chi connectivity index (χ1) is 11.4. The Balaban J connectivity index is 1.28. The highest BCUT2D eigenvalue weighted by Gasteiger charge is 2.35. The highest BCUT2D eigenvalue weighted by atomic mass is 32.2. The van der Waals surface area contributed by atoms with Crippen LogP contribution >= 0.6 is 11.8 Å². The minimum absolute atomic E-state index is 0.402. The van der Waals surface area contributed by atoms with Crippen molar-refractivity contribution in [1.82, 2.24) is 0 Å². The van der Waals surface area contributed by atoms with Gasteiger partial charge in [0.15, 0.2) is 0 Å². The molecule has 0 aromatic rings. The molecular weight excluding hydrogens is 308 g/mol. The second kappa shape index (κ2) is 8.07. The Morgan fingerprint density at radius 2 is 1.39 bits per heavy atom. The summed E-state index contributed by atoms with van der Waals surface area (Å²) in [5, 5.41) is 0.807. The van der Waals surface area contributed by atoms with E-state index in [9.17, 15) is 0 Å². The quantitative estimate of drug-likeness (QED) is 0.624. The molecule has 2 aliphatic heterocycles. The molecule has 0 aromatic carbocycles. The van der Waals surface area contributed by atoms with E-state index in [1.165, 1.54) is 63.5 Å². The van der Waals surface area contributed by atoms with E-state index in [0.29, 0.717) is 18.3 Å². The monoisotopic (exact) mass is 340 g/mol. The molecule has 3 nitrogen and oxygen atoms in total. The maximum atomic E-state index is 6.32. The average Bonchev–Trinajstić information content (AvgIpc) is 3.48. The third kappa shape index (κ3) is 5.10. The third-order valence-electron chi connectivity index (χ3n) is 6.08. The molecule has 2 aliphatic carbocycles. The first kappa shape index (κ1) is 16.7. The Morgan fingerprint density at radius 1 is 0.826 bits per heavy atom. The van der Waals surface area contributed by atoms with Crippen LogP contribution in [0.15, 0.2) is 0 Å². The molecule has 2 heterocycles. The Morgan fingerprint density at radius 3 is 1.96 bits per heavy atom. The summed E-state index contributed by atoms with van der Waals surface area (Å²) in [6.45, 7) is 2.73. The Bertz CT molecular complexity index is 336. The smallest absolute Gasteiger partial charge is 0.104 e. The fourth-order valence-electron chi connectivity index (χ4n) is 4.50. The fourth-order valence-corrected chi connectivity index (χ4v) is 4.91. The second-order valence-corrected chi connectivity index (χ2v) is 9.31. The zero-order chi connectivity index (χ0) is 15.5. The summed E-state index contributed by atoms with van der Waals surface area (Å²) in [5.74, 6) is 2.85. The van der Waals surface area contributed by atoms with Crippen molar-refractivity contribution in [2.24, 2.45) is 11.8 Å². The van der Waals surface area contributed by atoms with E-state index in [2.05, 4.69) is 11.8 Å². The van der Waals surface area contributed by atoms with Crippen LogP contribution in [0.25, 0.3) is 0 Å². The molecule has 4 heteroatoms. The summed E-state index contributed by atoms with van der Waals surface area (Å²) in [7, 11) is 0. The highest BCUT2D eigenvalue weighted by molar-refractivity contribution is 8.06. The molecule has 0 radical (unpaired) electrons. The van der Waals surface area contributed by atoms with E-state index in [1.54, 1.807) is 0 Å². The van der Waals surface area contributed by atoms with E-state index in [4.69, 9.17) is 14.2 Å². The number of thioether (sulfide) groups is 1. The summed E-state index contributed by atoms with van der Waals surface area (Å²) in [6, 6.07) is 0.